The second-order valence-corrected chi connectivity index (χ2v) is 4.91. The molecular weight excluding hydrogens is 212 g/mol. The molecule has 3 nitrogen and oxygen atoms in total. The van der Waals surface area contributed by atoms with E-state index in [9.17, 15) is 0 Å². The first-order valence-corrected chi connectivity index (χ1v) is 5.79. The van der Waals surface area contributed by atoms with Gasteiger partial charge in [0.2, 0.25) is 0 Å². The van der Waals surface area contributed by atoms with E-state index in [1.54, 1.807) is 13.2 Å². The van der Waals surface area contributed by atoms with Crippen LogP contribution in [0.15, 0.2) is 24.3 Å². The van der Waals surface area contributed by atoms with Gasteiger partial charge in [0.15, 0.2) is 0 Å². The van der Waals surface area contributed by atoms with Crippen molar-refractivity contribution in [1.82, 2.24) is 0 Å². The van der Waals surface area contributed by atoms with Gasteiger partial charge in [0.05, 0.1) is 17.2 Å². The zero-order valence-electron chi connectivity index (χ0n) is 10.9. The van der Waals surface area contributed by atoms with E-state index in [0.29, 0.717) is 11.6 Å². The summed E-state index contributed by atoms with van der Waals surface area (Å²) < 4.78 is 5.40. The van der Waals surface area contributed by atoms with Gasteiger partial charge in [0.1, 0.15) is 0 Å². The average Bonchev–Trinajstić information content (AvgIpc) is 2.28. The molecule has 0 saturated carbocycles. The second kappa shape index (κ2) is 5.70. The molecule has 0 aliphatic heterocycles. The highest BCUT2D eigenvalue weighted by Gasteiger charge is 2.19. The summed E-state index contributed by atoms with van der Waals surface area (Å²) in [4.78, 5) is 0. The van der Waals surface area contributed by atoms with Crippen LogP contribution in [0, 0.1) is 11.3 Å². The van der Waals surface area contributed by atoms with Gasteiger partial charge in [-0.1, -0.05) is 6.07 Å². The van der Waals surface area contributed by atoms with Gasteiger partial charge < -0.3 is 10.1 Å². The Bertz CT molecular complexity index is 407. The first-order valence-electron chi connectivity index (χ1n) is 5.79. The first-order chi connectivity index (χ1) is 7.96. The quantitative estimate of drug-likeness (QED) is 0.848. The maximum atomic E-state index is 8.82. The lowest BCUT2D eigenvalue weighted by Gasteiger charge is -2.27. The Labute approximate surface area is 103 Å². The van der Waals surface area contributed by atoms with Crippen molar-refractivity contribution in [3.8, 4) is 6.07 Å². The molecule has 0 bridgehead atoms. The van der Waals surface area contributed by atoms with Crippen LogP contribution in [0.5, 0.6) is 0 Å². The molecule has 3 heteroatoms. The summed E-state index contributed by atoms with van der Waals surface area (Å²) in [6.07, 6.45) is 0.903. The summed E-state index contributed by atoms with van der Waals surface area (Å²) in [5.74, 6) is 0. The Kier molecular flexibility index (Phi) is 4.53. The topological polar surface area (TPSA) is 45.0 Å². The number of methoxy groups -OCH3 is 1. The molecule has 0 radical (unpaired) electrons. The molecule has 1 aromatic rings. The lowest BCUT2D eigenvalue weighted by molar-refractivity contribution is 0.0128. The molecule has 1 rings (SSSR count). The number of rotatable bonds is 5. The first kappa shape index (κ1) is 13.5. The second-order valence-electron chi connectivity index (χ2n) is 4.91. The number of anilines is 1. The molecule has 1 aromatic carbocycles. The van der Waals surface area contributed by atoms with Gasteiger partial charge in [0.25, 0.3) is 0 Å². The molecule has 0 heterocycles. The van der Waals surface area contributed by atoms with Crippen LogP contribution in [0.4, 0.5) is 5.69 Å². The highest BCUT2D eigenvalue weighted by Crippen LogP contribution is 2.19. The van der Waals surface area contributed by atoms with Crippen LogP contribution >= 0.6 is 0 Å². The Morgan fingerprint density at radius 3 is 2.76 bits per heavy atom. The molecule has 17 heavy (non-hydrogen) atoms. The summed E-state index contributed by atoms with van der Waals surface area (Å²) >= 11 is 0. The number of ether oxygens (including phenoxy) is 1. The van der Waals surface area contributed by atoms with Crippen LogP contribution in [0.3, 0.4) is 0 Å². The third kappa shape index (κ3) is 4.46. The Morgan fingerprint density at radius 1 is 1.47 bits per heavy atom. The predicted octanol–water partition coefficient (Wildman–Crippen LogP) is 3.17. The molecule has 0 aliphatic carbocycles. The molecule has 0 saturated heterocycles. The van der Waals surface area contributed by atoms with Crippen LogP contribution in [-0.4, -0.2) is 18.8 Å². The fourth-order valence-corrected chi connectivity index (χ4v) is 1.83. The Balaban J connectivity index is 2.62. The predicted molar refractivity (Wildman–Crippen MR) is 69.9 cm³/mol. The van der Waals surface area contributed by atoms with E-state index in [1.165, 1.54) is 0 Å². The number of hydrogen-bond acceptors (Lipinski definition) is 3. The van der Waals surface area contributed by atoms with Crippen LogP contribution in [0.25, 0.3) is 0 Å². The Hall–Kier alpha value is -1.53. The van der Waals surface area contributed by atoms with Gasteiger partial charge in [-0.15, -0.1) is 0 Å². The van der Waals surface area contributed by atoms with Gasteiger partial charge in [-0.3, -0.25) is 0 Å². The number of hydrogen-bond donors (Lipinski definition) is 1. The standard InChI is InChI=1S/C14H20N2O/c1-11(9-14(2,3)17-4)16-13-7-5-6-12(8-13)10-15/h5-8,11,16H,9H2,1-4H3. The molecule has 0 fully saturated rings. The van der Waals surface area contributed by atoms with E-state index in [4.69, 9.17) is 10.00 Å². The molecule has 0 aromatic heterocycles. The minimum atomic E-state index is -0.140. The van der Waals surface area contributed by atoms with Gasteiger partial charge in [-0.2, -0.15) is 5.26 Å². The largest absolute Gasteiger partial charge is 0.382 e. The molecule has 1 atom stereocenters. The van der Waals surface area contributed by atoms with E-state index in [0.717, 1.165) is 12.1 Å². The van der Waals surface area contributed by atoms with Gasteiger partial charge in [0, 0.05) is 18.8 Å². The summed E-state index contributed by atoms with van der Waals surface area (Å²) in [5.41, 5.74) is 1.51. The van der Waals surface area contributed by atoms with Crippen molar-refractivity contribution in [2.75, 3.05) is 12.4 Å². The average molecular weight is 232 g/mol. The number of nitrogens with zero attached hydrogens (tertiary/aromatic N) is 1. The van der Waals surface area contributed by atoms with Gasteiger partial charge in [-0.05, 0) is 45.4 Å². The molecule has 0 aliphatic rings. The normalized spacial score (nSPS) is 12.9. The SMILES string of the molecule is COC(C)(C)CC(C)Nc1cccc(C#N)c1. The van der Waals surface area contributed by atoms with Crippen molar-refractivity contribution in [1.29, 1.82) is 5.26 Å². The highest BCUT2D eigenvalue weighted by atomic mass is 16.5. The van der Waals surface area contributed by atoms with E-state index < -0.39 is 0 Å². The number of benzene rings is 1. The fourth-order valence-electron chi connectivity index (χ4n) is 1.83. The highest BCUT2D eigenvalue weighted by molar-refractivity contribution is 5.49. The number of nitrogens with one attached hydrogen (secondary N) is 1. The summed E-state index contributed by atoms with van der Waals surface area (Å²) in [7, 11) is 1.73. The van der Waals surface area contributed by atoms with Gasteiger partial charge >= 0.3 is 0 Å². The smallest absolute Gasteiger partial charge is 0.0992 e. The van der Waals surface area contributed by atoms with Crippen molar-refractivity contribution in [3.63, 3.8) is 0 Å². The van der Waals surface area contributed by atoms with E-state index in [2.05, 4.69) is 32.2 Å². The van der Waals surface area contributed by atoms with E-state index in [-0.39, 0.29) is 5.60 Å². The van der Waals surface area contributed by atoms with E-state index >= 15 is 0 Å². The Morgan fingerprint density at radius 2 is 2.18 bits per heavy atom. The minimum Gasteiger partial charge on any atom is -0.382 e. The third-order valence-electron chi connectivity index (χ3n) is 2.76. The monoisotopic (exact) mass is 232 g/mol. The third-order valence-corrected chi connectivity index (χ3v) is 2.76. The van der Waals surface area contributed by atoms with Crippen LogP contribution in [-0.2, 0) is 4.74 Å². The van der Waals surface area contributed by atoms with Crippen molar-refractivity contribution in [3.05, 3.63) is 29.8 Å². The van der Waals surface area contributed by atoms with Crippen LogP contribution in [0.2, 0.25) is 0 Å². The zero-order valence-corrected chi connectivity index (χ0v) is 10.9. The minimum absolute atomic E-state index is 0.140. The molecule has 0 spiro atoms. The number of nitriles is 1. The maximum absolute atomic E-state index is 8.82. The van der Waals surface area contributed by atoms with Crippen molar-refractivity contribution in [2.24, 2.45) is 0 Å². The molecule has 0 amide bonds. The van der Waals surface area contributed by atoms with Crippen LogP contribution < -0.4 is 5.32 Å². The fraction of sp³-hybridized carbons (Fsp3) is 0.500. The molecule has 1 N–H and O–H groups in total. The lowest BCUT2D eigenvalue weighted by atomic mass is 9.99. The summed E-state index contributed by atoms with van der Waals surface area (Å²) in [6.45, 7) is 6.24. The summed E-state index contributed by atoms with van der Waals surface area (Å²) in [5, 5.41) is 12.2. The van der Waals surface area contributed by atoms with E-state index in [1.807, 2.05) is 18.2 Å². The summed E-state index contributed by atoms with van der Waals surface area (Å²) in [6, 6.07) is 9.94. The van der Waals surface area contributed by atoms with Crippen molar-refractivity contribution >= 4 is 5.69 Å². The molecular formula is C14H20N2O. The zero-order chi connectivity index (χ0) is 12.9. The van der Waals surface area contributed by atoms with Gasteiger partial charge in [-0.25, -0.2) is 0 Å². The molecule has 1 unspecified atom stereocenters. The lowest BCUT2D eigenvalue weighted by Crippen LogP contribution is -2.31. The van der Waals surface area contributed by atoms with Crippen molar-refractivity contribution < 1.29 is 4.74 Å². The maximum Gasteiger partial charge on any atom is 0.0992 e. The molecule has 92 valence electrons. The van der Waals surface area contributed by atoms with Crippen molar-refractivity contribution in [2.45, 2.75) is 38.8 Å². The van der Waals surface area contributed by atoms with Crippen LogP contribution in [0.1, 0.15) is 32.8 Å².